The van der Waals surface area contributed by atoms with Gasteiger partial charge < -0.3 is 15.1 Å². The predicted molar refractivity (Wildman–Crippen MR) is 141 cm³/mol. The minimum absolute atomic E-state index is 0.0988. The van der Waals surface area contributed by atoms with Crippen molar-refractivity contribution in [2.24, 2.45) is 0 Å². The van der Waals surface area contributed by atoms with Crippen LogP contribution in [-0.4, -0.2) is 62.0 Å². The molecule has 0 aliphatic carbocycles. The van der Waals surface area contributed by atoms with Gasteiger partial charge in [-0.25, -0.2) is 0 Å². The third-order valence-corrected chi connectivity index (χ3v) is 6.76. The van der Waals surface area contributed by atoms with Gasteiger partial charge in [-0.1, -0.05) is 42.5 Å². The lowest BCUT2D eigenvalue weighted by atomic mass is 9.94. The molecule has 3 aromatic carbocycles. The number of rotatable bonds is 8. The summed E-state index contributed by atoms with van der Waals surface area (Å²) in [6.45, 7) is 9.44. The molecule has 0 bridgehead atoms. The summed E-state index contributed by atoms with van der Waals surface area (Å²) in [5.41, 5.74) is 5.57. The molecule has 1 heterocycles. The van der Waals surface area contributed by atoms with E-state index in [0.29, 0.717) is 0 Å². The van der Waals surface area contributed by atoms with Crippen LogP contribution >= 0.6 is 0 Å². The van der Waals surface area contributed by atoms with Gasteiger partial charge in [-0.05, 0) is 61.4 Å². The van der Waals surface area contributed by atoms with Crippen LogP contribution in [0, 0.1) is 0 Å². The van der Waals surface area contributed by atoms with Crippen LogP contribution in [0.2, 0.25) is 0 Å². The van der Waals surface area contributed by atoms with Crippen LogP contribution in [0.3, 0.4) is 0 Å². The summed E-state index contributed by atoms with van der Waals surface area (Å²) in [6.07, 6.45) is 0. The largest absolute Gasteiger partial charge is 0.345 e. The summed E-state index contributed by atoms with van der Waals surface area (Å²) in [7, 11) is 2.11. The van der Waals surface area contributed by atoms with Crippen molar-refractivity contribution in [1.29, 1.82) is 0 Å². The molecule has 0 aromatic heterocycles. The number of anilines is 2. The number of piperazine rings is 1. The zero-order chi connectivity index (χ0) is 23.9. The van der Waals surface area contributed by atoms with E-state index in [-0.39, 0.29) is 11.9 Å². The molecule has 178 valence electrons. The molecule has 1 aliphatic rings. The molecule has 1 aliphatic heterocycles. The first-order valence-electron chi connectivity index (χ1n) is 12.3. The molecule has 0 spiro atoms. The van der Waals surface area contributed by atoms with Gasteiger partial charge in [0.2, 0.25) is 0 Å². The lowest BCUT2D eigenvalue weighted by molar-refractivity contribution is 0.0773. The molecule has 4 rings (SSSR count). The van der Waals surface area contributed by atoms with E-state index in [0.717, 1.165) is 56.2 Å². The van der Waals surface area contributed by atoms with Gasteiger partial charge in [-0.3, -0.25) is 9.69 Å². The molecule has 1 fully saturated rings. The fraction of sp³-hybridized carbons (Fsp3) is 0.345. The van der Waals surface area contributed by atoms with Crippen molar-refractivity contribution in [2.75, 3.05) is 51.2 Å². The van der Waals surface area contributed by atoms with Gasteiger partial charge in [-0.15, -0.1) is 0 Å². The maximum atomic E-state index is 12.8. The first-order valence-corrected chi connectivity index (χ1v) is 12.3. The lowest BCUT2D eigenvalue weighted by Gasteiger charge is -2.36. The first-order chi connectivity index (χ1) is 16.6. The van der Waals surface area contributed by atoms with Gasteiger partial charge in [0.05, 0.1) is 6.04 Å². The molecule has 1 N–H and O–H groups in total. The van der Waals surface area contributed by atoms with Crippen molar-refractivity contribution in [3.8, 4) is 0 Å². The molecule has 0 saturated carbocycles. The van der Waals surface area contributed by atoms with E-state index in [2.05, 4.69) is 82.8 Å². The second-order valence-corrected chi connectivity index (χ2v) is 8.78. The monoisotopic (exact) mass is 456 g/mol. The van der Waals surface area contributed by atoms with Crippen LogP contribution in [0.4, 0.5) is 11.4 Å². The SMILES string of the molecule is CCN(CC)C(=O)c1ccc(C(c2cccc(N(C)c3ccccc3)c2)N2CCNCC2)cc1. The van der Waals surface area contributed by atoms with Crippen LogP contribution in [0.5, 0.6) is 0 Å². The molecule has 1 atom stereocenters. The number of nitrogens with one attached hydrogen (secondary N) is 1. The fourth-order valence-electron chi connectivity index (χ4n) is 4.76. The molecule has 0 radical (unpaired) electrons. The van der Waals surface area contributed by atoms with Gasteiger partial charge in [0.1, 0.15) is 0 Å². The quantitative estimate of drug-likeness (QED) is 0.522. The minimum Gasteiger partial charge on any atom is -0.345 e. The Labute approximate surface area is 204 Å². The Morgan fingerprint density at radius 1 is 0.853 bits per heavy atom. The minimum atomic E-state index is 0.0988. The van der Waals surface area contributed by atoms with E-state index in [1.54, 1.807) is 0 Å². The Hall–Kier alpha value is -3.15. The number of carbonyl (C=O) groups excluding carboxylic acids is 1. The highest BCUT2D eigenvalue weighted by Crippen LogP contribution is 2.33. The third-order valence-electron chi connectivity index (χ3n) is 6.76. The van der Waals surface area contributed by atoms with Crippen LogP contribution in [0.1, 0.15) is 41.4 Å². The fourth-order valence-corrected chi connectivity index (χ4v) is 4.76. The van der Waals surface area contributed by atoms with E-state index >= 15 is 0 Å². The molecular weight excluding hydrogens is 420 g/mol. The van der Waals surface area contributed by atoms with Crippen molar-refractivity contribution in [2.45, 2.75) is 19.9 Å². The zero-order valence-corrected chi connectivity index (χ0v) is 20.6. The first kappa shape index (κ1) is 24.0. The number of para-hydroxylation sites is 1. The Morgan fingerprint density at radius 3 is 2.15 bits per heavy atom. The highest BCUT2D eigenvalue weighted by Gasteiger charge is 2.25. The topological polar surface area (TPSA) is 38.8 Å². The van der Waals surface area contributed by atoms with Crippen molar-refractivity contribution in [3.63, 3.8) is 0 Å². The van der Waals surface area contributed by atoms with Gasteiger partial charge >= 0.3 is 0 Å². The number of nitrogens with zero attached hydrogens (tertiary/aromatic N) is 3. The van der Waals surface area contributed by atoms with Crippen LogP contribution < -0.4 is 10.2 Å². The standard InChI is InChI=1S/C29H36N4O/c1-4-32(5-2)29(34)24-16-14-23(15-17-24)28(33-20-18-30-19-21-33)25-10-9-13-27(22-25)31(3)26-11-7-6-8-12-26/h6-17,22,28,30H,4-5,18-21H2,1-3H3. The molecular formula is C29H36N4O. The molecule has 1 saturated heterocycles. The van der Waals surface area contributed by atoms with Gasteiger partial charge in [-0.2, -0.15) is 0 Å². The smallest absolute Gasteiger partial charge is 0.253 e. The molecule has 1 amide bonds. The summed E-state index contributed by atoms with van der Waals surface area (Å²) in [6, 6.07) is 27.7. The average Bonchev–Trinajstić information content (AvgIpc) is 2.91. The van der Waals surface area contributed by atoms with Gasteiger partial charge in [0, 0.05) is 63.3 Å². The van der Waals surface area contributed by atoms with E-state index in [9.17, 15) is 4.79 Å². The summed E-state index contributed by atoms with van der Waals surface area (Å²) < 4.78 is 0. The van der Waals surface area contributed by atoms with Crippen molar-refractivity contribution >= 4 is 17.3 Å². The lowest BCUT2D eigenvalue weighted by Crippen LogP contribution is -2.45. The van der Waals surface area contributed by atoms with Crippen LogP contribution in [0.15, 0.2) is 78.9 Å². The number of carbonyl (C=O) groups is 1. The third kappa shape index (κ3) is 5.32. The summed E-state index contributed by atoms with van der Waals surface area (Å²) in [5.74, 6) is 0.0988. The summed E-state index contributed by atoms with van der Waals surface area (Å²) >= 11 is 0. The van der Waals surface area contributed by atoms with Crippen molar-refractivity contribution in [3.05, 3.63) is 95.6 Å². The Kier molecular flexibility index (Phi) is 7.99. The Balaban J connectivity index is 1.67. The molecule has 5 nitrogen and oxygen atoms in total. The van der Waals surface area contributed by atoms with Crippen LogP contribution in [0.25, 0.3) is 0 Å². The highest BCUT2D eigenvalue weighted by molar-refractivity contribution is 5.94. The Morgan fingerprint density at radius 2 is 1.50 bits per heavy atom. The Bertz CT molecular complexity index is 1060. The predicted octanol–water partition coefficient (Wildman–Crippen LogP) is 4.93. The van der Waals surface area contributed by atoms with E-state index in [1.165, 1.54) is 11.1 Å². The molecule has 34 heavy (non-hydrogen) atoms. The zero-order valence-electron chi connectivity index (χ0n) is 20.6. The second-order valence-electron chi connectivity index (χ2n) is 8.78. The number of amides is 1. The number of hydrogen-bond acceptors (Lipinski definition) is 4. The maximum absolute atomic E-state index is 12.8. The second kappa shape index (κ2) is 11.3. The van der Waals surface area contributed by atoms with Gasteiger partial charge in [0.15, 0.2) is 0 Å². The number of benzene rings is 3. The van der Waals surface area contributed by atoms with Crippen molar-refractivity contribution < 1.29 is 4.79 Å². The summed E-state index contributed by atoms with van der Waals surface area (Å²) in [5, 5.41) is 3.47. The van der Waals surface area contributed by atoms with E-state index < -0.39 is 0 Å². The molecule has 5 heteroatoms. The number of hydrogen-bond donors (Lipinski definition) is 1. The van der Waals surface area contributed by atoms with Crippen molar-refractivity contribution in [1.82, 2.24) is 15.1 Å². The van der Waals surface area contributed by atoms with Crippen LogP contribution in [-0.2, 0) is 0 Å². The summed E-state index contributed by atoms with van der Waals surface area (Å²) in [4.78, 5) is 19.4. The van der Waals surface area contributed by atoms with E-state index in [1.807, 2.05) is 36.9 Å². The maximum Gasteiger partial charge on any atom is 0.253 e. The van der Waals surface area contributed by atoms with E-state index in [4.69, 9.17) is 0 Å². The highest BCUT2D eigenvalue weighted by atomic mass is 16.2. The molecule has 3 aromatic rings. The van der Waals surface area contributed by atoms with Gasteiger partial charge in [0.25, 0.3) is 5.91 Å². The average molecular weight is 457 g/mol. The normalized spacial score (nSPS) is 15.0. The molecule has 1 unspecified atom stereocenters.